The maximum absolute atomic E-state index is 5.84. The van der Waals surface area contributed by atoms with Gasteiger partial charge in [0, 0.05) is 19.1 Å². The van der Waals surface area contributed by atoms with E-state index in [-0.39, 0.29) is 10.8 Å². The summed E-state index contributed by atoms with van der Waals surface area (Å²) in [6.07, 6.45) is 3.68. The summed E-state index contributed by atoms with van der Waals surface area (Å²) in [5, 5.41) is 6.31. The van der Waals surface area contributed by atoms with Crippen molar-refractivity contribution in [2.45, 2.75) is 24.8 Å². The summed E-state index contributed by atoms with van der Waals surface area (Å²) in [7, 11) is 5.98. The largest absolute Gasteiger partial charge is 0.357 e. The molecule has 100 valence electrons. The second-order valence-electron chi connectivity index (χ2n) is 4.83. The molecule has 0 spiro atoms. The molecule has 0 aliphatic heterocycles. The van der Waals surface area contributed by atoms with Crippen LogP contribution in [-0.2, 0) is 0 Å². The summed E-state index contributed by atoms with van der Waals surface area (Å²) in [6.45, 7) is 0.823. The van der Waals surface area contributed by atoms with Crippen molar-refractivity contribution < 1.29 is 0 Å². The SMILES string of the molecule is CNc1nc(Cl)nc(NCC2(N(C)C)CCC2)n1. The van der Waals surface area contributed by atoms with E-state index in [0.717, 1.165) is 6.54 Å². The van der Waals surface area contributed by atoms with Crippen LogP contribution in [0.1, 0.15) is 19.3 Å². The average molecular weight is 271 g/mol. The molecule has 1 aromatic rings. The van der Waals surface area contributed by atoms with Crippen LogP contribution in [0.25, 0.3) is 0 Å². The third kappa shape index (κ3) is 2.64. The van der Waals surface area contributed by atoms with Crippen molar-refractivity contribution in [3.8, 4) is 0 Å². The highest BCUT2D eigenvalue weighted by Crippen LogP contribution is 2.36. The quantitative estimate of drug-likeness (QED) is 0.845. The van der Waals surface area contributed by atoms with E-state index >= 15 is 0 Å². The lowest BCUT2D eigenvalue weighted by Crippen LogP contribution is -2.54. The van der Waals surface area contributed by atoms with E-state index in [9.17, 15) is 0 Å². The molecule has 0 amide bonds. The molecule has 0 aromatic carbocycles. The molecule has 2 rings (SSSR count). The minimum atomic E-state index is 0.198. The number of hydrogen-bond acceptors (Lipinski definition) is 6. The van der Waals surface area contributed by atoms with Crippen LogP contribution in [0.15, 0.2) is 0 Å². The van der Waals surface area contributed by atoms with E-state index in [1.54, 1.807) is 7.05 Å². The third-order valence-electron chi connectivity index (χ3n) is 3.64. The molecule has 2 N–H and O–H groups in total. The van der Waals surface area contributed by atoms with Gasteiger partial charge in [-0.2, -0.15) is 15.0 Å². The van der Waals surface area contributed by atoms with Gasteiger partial charge in [0.2, 0.25) is 17.2 Å². The summed E-state index contributed by atoms with van der Waals surface area (Å²) < 4.78 is 0. The number of halogens is 1. The number of nitrogens with zero attached hydrogens (tertiary/aromatic N) is 4. The Morgan fingerprint density at radius 2 is 1.89 bits per heavy atom. The first-order valence-corrected chi connectivity index (χ1v) is 6.44. The molecule has 1 aromatic heterocycles. The Morgan fingerprint density at radius 1 is 1.22 bits per heavy atom. The molecule has 0 atom stereocenters. The maximum Gasteiger partial charge on any atom is 0.228 e. The Labute approximate surface area is 112 Å². The van der Waals surface area contributed by atoms with Crippen LogP contribution < -0.4 is 10.6 Å². The zero-order valence-electron chi connectivity index (χ0n) is 11.0. The van der Waals surface area contributed by atoms with Gasteiger partial charge in [0.25, 0.3) is 0 Å². The van der Waals surface area contributed by atoms with Crippen molar-refractivity contribution in [3.63, 3.8) is 0 Å². The predicted octanol–water partition coefficient (Wildman–Crippen LogP) is 1.46. The van der Waals surface area contributed by atoms with E-state index in [1.807, 2.05) is 0 Å². The van der Waals surface area contributed by atoms with Gasteiger partial charge in [-0.15, -0.1) is 0 Å². The van der Waals surface area contributed by atoms with E-state index in [4.69, 9.17) is 11.6 Å². The minimum Gasteiger partial charge on any atom is -0.357 e. The van der Waals surface area contributed by atoms with Crippen LogP contribution in [0.4, 0.5) is 11.9 Å². The van der Waals surface area contributed by atoms with Crippen LogP contribution in [-0.4, -0.2) is 53.1 Å². The van der Waals surface area contributed by atoms with E-state index in [1.165, 1.54) is 19.3 Å². The first-order valence-electron chi connectivity index (χ1n) is 6.06. The maximum atomic E-state index is 5.84. The molecule has 1 aliphatic carbocycles. The highest BCUT2D eigenvalue weighted by atomic mass is 35.5. The fraction of sp³-hybridized carbons (Fsp3) is 0.727. The molecule has 0 unspecified atom stereocenters. The molecule has 1 fully saturated rings. The van der Waals surface area contributed by atoms with Crippen LogP contribution in [0.5, 0.6) is 0 Å². The molecule has 7 heteroatoms. The lowest BCUT2D eigenvalue weighted by atomic mass is 9.75. The van der Waals surface area contributed by atoms with Crippen LogP contribution in [0.2, 0.25) is 5.28 Å². The number of likely N-dealkylation sites (N-methyl/N-ethyl adjacent to an activating group) is 1. The monoisotopic (exact) mass is 270 g/mol. The van der Waals surface area contributed by atoms with Gasteiger partial charge in [0.1, 0.15) is 0 Å². The van der Waals surface area contributed by atoms with Gasteiger partial charge in [-0.05, 0) is 45.0 Å². The smallest absolute Gasteiger partial charge is 0.228 e. The van der Waals surface area contributed by atoms with Gasteiger partial charge in [-0.25, -0.2) is 0 Å². The highest BCUT2D eigenvalue weighted by molar-refractivity contribution is 6.28. The number of hydrogen-bond donors (Lipinski definition) is 2. The second kappa shape index (κ2) is 5.24. The van der Waals surface area contributed by atoms with Gasteiger partial charge in [-0.3, -0.25) is 0 Å². The van der Waals surface area contributed by atoms with Gasteiger partial charge in [0.15, 0.2) is 0 Å². The fourth-order valence-corrected chi connectivity index (χ4v) is 2.31. The Morgan fingerprint density at radius 3 is 2.39 bits per heavy atom. The van der Waals surface area contributed by atoms with Crippen LogP contribution in [0, 0.1) is 0 Å². The number of aromatic nitrogens is 3. The lowest BCUT2D eigenvalue weighted by Gasteiger charge is -2.47. The highest BCUT2D eigenvalue weighted by Gasteiger charge is 2.38. The van der Waals surface area contributed by atoms with Crippen molar-refractivity contribution in [1.82, 2.24) is 19.9 Å². The summed E-state index contributed by atoms with van der Waals surface area (Å²) in [5.74, 6) is 0.998. The number of anilines is 2. The van der Waals surface area contributed by atoms with Gasteiger partial charge >= 0.3 is 0 Å². The van der Waals surface area contributed by atoms with Crippen molar-refractivity contribution in [1.29, 1.82) is 0 Å². The normalized spacial score (nSPS) is 17.4. The standard InChI is InChI=1S/C11H19ClN6/c1-13-9-15-8(12)16-10(17-9)14-7-11(18(2)3)5-4-6-11/h4-7H2,1-3H3,(H2,13,14,15,16,17). The average Bonchev–Trinajstić information content (AvgIpc) is 2.26. The first-order chi connectivity index (χ1) is 8.55. The lowest BCUT2D eigenvalue weighted by molar-refractivity contribution is 0.0737. The molecule has 18 heavy (non-hydrogen) atoms. The summed E-state index contributed by atoms with van der Waals surface area (Å²) >= 11 is 5.84. The van der Waals surface area contributed by atoms with Gasteiger partial charge in [0.05, 0.1) is 0 Å². The molecule has 1 aliphatic rings. The summed E-state index contributed by atoms with van der Waals surface area (Å²) in [5.41, 5.74) is 0.221. The van der Waals surface area contributed by atoms with Gasteiger partial charge < -0.3 is 15.5 Å². The second-order valence-corrected chi connectivity index (χ2v) is 5.17. The molecule has 0 bridgehead atoms. The molecule has 1 saturated carbocycles. The Hall–Kier alpha value is -1.14. The minimum absolute atomic E-state index is 0.198. The van der Waals surface area contributed by atoms with E-state index in [0.29, 0.717) is 11.9 Å². The molecule has 0 radical (unpaired) electrons. The topological polar surface area (TPSA) is 66.0 Å². The summed E-state index contributed by atoms with van der Waals surface area (Å²) in [4.78, 5) is 14.5. The third-order valence-corrected chi connectivity index (χ3v) is 3.81. The number of nitrogens with one attached hydrogen (secondary N) is 2. The summed E-state index contributed by atoms with van der Waals surface area (Å²) in [6, 6.07) is 0. The first kappa shape index (κ1) is 13.3. The zero-order chi connectivity index (χ0) is 13.2. The molecular weight excluding hydrogens is 252 g/mol. The predicted molar refractivity (Wildman–Crippen MR) is 73.1 cm³/mol. The van der Waals surface area contributed by atoms with E-state index in [2.05, 4.69) is 44.6 Å². The Bertz CT molecular complexity index is 418. The zero-order valence-corrected chi connectivity index (χ0v) is 11.8. The van der Waals surface area contributed by atoms with Gasteiger partial charge in [-0.1, -0.05) is 0 Å². The van der Waals surface area contributed by atoms with Crippen LogP contribution in [0.3, 0.4) is 0 Å². The molecule has 1 heterocycles. The molecular formula is C11H19ClN6. The molecule has 0 saturated heterocycles. The van der Waals surface area contributed by atoms with E-state index < -0.39 is 0 Å². The number of rotatable bonds is 5. The molecule has 6 nitrogen and oxygen atoms in total. The van der Waals surface area contributed by atoms with Crippen molar-refractivity contribution in [2.75, 3.05) is 38.3 Å². The van der Waals surface area contributed by atoms with Crippen LogP contribution >= 0.6 is 11.6 Å². The van der Waals surface area contributed by atoms with Crippen molar-refractivity contribution in [3.05, 3.63) is 5.28 Å². The Kier molecular flexibility index (Phi) is 3.87. The van der Waals surface area contributed by atoms with Crippen molar-refractivity contribution >= 4 is 23.5 Å². The fourth-order valence-electron chi connectivity index (χ4n) is 2.15. The Balaban J connectivity index is 2.03. The van der Waals surface area contributed by atoms with Crippen molar-refractivity contribution in [2.24, 2.45) is 0 Å².